The smallest absolute Gasteiger partial charge is 0.305 e. The monoisotopic (exact) mass is 356 g/mol. The van der Waals surface area contributed by atoms with Crippen LogP contribution in [0.4, 0.5) is 5.69 Å². The topological polar surface area (TPSA) is 104 Å². The summed E-state index contributed by atoms with van der Waals surface area (Å²) < 4.78 is 29.4. The molecule has 0 unspecified atom stereocenters. The molecule has 1 saturated heterocycles. The fourth-order valence-electron chi connectivity index (χ4n) is 2.46. The number of carboxylic acid groups (broad SMARTS) is 1. The molecule has 1 N–H and O–H groups in total. The van der Waals surface area contributed by atoms with Crippen LogP contribution in [0.5, 0.6) is 0 Å². The van der Waals surface area contributed by atoms with Gasteiger partial charge in [-0.3, -0.25) is 13.9 Å². The summed E-state index contributed by atoms with van der Waals surface area (Å²) in [4.78, 5) is 25.0. The molecule has 2 rings (SSSR count). The quantitative estimate of drug-likeness (QED) is 0.819. The van der Waals surface area contributed by atoms with E-state index in [4.69, 9.17) is 9.84 Å². The zero-order chi connectivity index (χ0) is 17.9. The number of carbonyl (C=O) groups excluding carboxylic acids is 1. The van der Waals surface area contributed by atoms with Crippen LogP contribution in [0.3, 0.4) is 0 Å². The molecule has 1 atom stereocenters. The number of nitrogens with zero attached hydrogens (tertiary/aromatic N) is 2. The molecule has 132 valence electrons. The first kappa shape index (κ1) is 18.2. The Morgan fingerprint density at radius 1 is 1.33 bits per heavy atom. The zero-order valence-electron chi connectivity index (χ0n) is 13.5. The van der Waals surface area contributed by atoms with Gasteiger partial charge in [0.2, 0.25) is 10.0 Å². The largest absolute Gasteiger partial charge is 0.481 e. The number of aliphatic carboxylic acids is 1. The predicted molar refractivity (Wildman–Crippen MR) is 87.6 cm³/mol. The lowest BCUT2D eigenvalue weighted by Gasteiger charge is -2.35. The molecular formula is C15H20N2O6S. The average molecular weight is 356 g/mol. The van der Waals surface area contributed by atoms with Gasteiger partial charge in [-0.25, -0.2) is 8.42 Å². The summed E-state index contributed by atoms with van der Waals surface area (Å²) in [5, 5.41) is 8.95. The molecule has 0 aromatic heterocycles. The van der Waals surface area contributed by atoms with Crippen molar-refractivity contribution in [1.82, 2.24) is 4.90 Å². The maximum absolute atomic E-state index is 12.6. The van der Waals surface area contributed by atoms with Crippen LogP contribution in [0.25, 0.3) is 0 Å². The van der Waals surface area contributed by atoms with Crippen LogP contribution >= 0.6 is 0 Å². The Labute approximate surface area is 140 Å². The van der Waals surface area contributed by atoms with Crippen molar-refractivity contribution in [2.75, 3.05) is 37.4 Å². The number of morpholine rings is 1. The lowest BCUT2D eigenvalue weighted by Crippen LogP contribution is -2.49. The van der Waals surface area contributed by atoms with Gasteiger partial charge in [0, 0.05) is 19.2 Å². The van der Waals surface area contributed by atoms with E-state index in [2.05, 4.69) is 0 Å². The molecule has 0 spiro atoms. The molecule has 8 nitrogen and oxygen atoms in total. The first-order valence-corrected chi connectivity index (χ1v) is 9.19. The lowest BCUT2D eigenvalue weighted by molar-refractivity contribution is -0.139. The normalized spacial score (nSPS) is 18.2. The Hall–Kier alpha value is -2.13. The fourth-order valence-corrected chi connectivity index (χ4v) is 2.97. The van der Waals surface area contributed by atoms with E-state index >= 15 is 0 Å². The second kappa shape index (κ2) is 7.18. The van der Waals surface area contributed by atoms with E-state index in [1.54, 1.807) is 12.1 Å². The van der Waals surface area contributed by atoms with Crippen molar-refractivity contribution in [1.29, 1.82) is 0 Å². The van der Waals surface area contributed by atoms with E-state index in [-0.39, 0.29) is 18.9 Å². The van der Waals surface area contributed by atoms with Crippen molar-refractivity contribution in [2.24, 2.45) is 0 Å². The Bertz CT molecular complexity index is 716. The van der Waals surface area contributed by atoms with E-state index in [1.165, 1.54) is 24.1 Å². The average Bonchev–Trinajstić information content (AvgIpc) is 2.53. The zero-order valence-corrected chi connectivity index (χ0v) is 14.3. The van der Waals surface area contributed by atoms with Gasteiger partial charge in [0.25, 0.3) is 5.91 Å². The van der Waals surface area contributed by atoms with Gasteiger partial charge in [0.1, 0.15) is 0 Å². The molecule has 1 amide bonds. The van der Waals surface area contributed by atoms with Gasteiger partial charge in [-0.1, -0.05) is 0 Å². The summed E-state index contributed by atoms with van der Waals surface area (Å²) >= 11 is 0. The number of rotatable bonds is 5. The summed E-state index contributed by atoms with van der Waals surface area (Å²) in [6.45, 7) is 0.867. The highest BCUT2D eigenvalue weighted by Gasteiger charge is 2.29. The van der Waals surface area contributed by atoms with Gasteiger partial charge in [0.15, 0.2) is 0 Å². The summed E-state index contributed by atoms with van der Waals surface area (Å²) in [5.41, 5.74) is 0.816. The fraction of sp³-hybridized carbons (Fsp3) is 0.467. The molecule has 0 saturated carbocycles. The summed E-state index contributed by atoms with van der Waals surface area (Å²) in [7, 11) is -1.95. The number of amides is 1. The minimum atomic E-state index is -3.38. The van der Waals surface area contributed by atoms with Crippen molar-refractivity contribution in [3.05, 3.63) is 29.8 Å². The number of carbonyl (C=O) groups is 2. The number of benzene rings is 1. The molecule has 24 heavy (non-hydrogen) atoms. The summed E-state index contributed by atoms with van der Waals surface area (Å²) in [6.07, 6.45) is 0.914. The number of sulfonamides is 1. The number of hydrogen-bond donors (Lipinski definition) is 1. The Balaban J connectivity index is 2.18. The predicted octanol–water partition coefficient (Wildman–Crippen LogP) is 0.398. The van der Waals surface area contributed by atoms with Crippen molar-refractivity contribution >= 4 is 27.6 Å². The van der Waals surface area contributed by atoms with E-state index in [0.717, 1.165) is 10.6 Å². The third-order valence-electron chi connectivity index (χ3n) is 3.87. The van der Waals surface area contributed by atoms with E-state index in [1.807, 2.05) is 0 Å². The molecule has 0 bridgehead atoms. The van der Waals surface area contributed by atoms with Crippen LogP contribution in [-0.2, 0) is 19.6 Å². The number of anilines is 1. The van der Waals surface area contributed by atoms with Gasteiger partial charge in [-0.2, -0.15) is 0 Å². The first-order chi connectivity index (χ1) is 11.2. The molecule has 1 heterocycles. The molecule has 0 radical (unpaired) electrons. The maximum Gasteiger partial charge on any atom is 0.305 e. The SMILES string of the molecule is CN(c1ccc(C(=O)N2CCOC[C@H]2CC(=O)O)cc1)S(C)(=O)=O. The Kier molecular flexibility index (Phi) is 5.45. The molecule has 9 heteroatoms. The highest BCUT2D eigenvalue weighted by atomic mass is 32.2. The number of ether oxygens (including phenoxy) is 1. The second-order valence-electron chi connectivity index (χ2n) is 5.60. The Morgan fingerprint density at radius 3 is 2.50 bits per heavy atom. The maximum atomic E-state index is 12.6. The van der Waals surface area contributed by atoms with Crippen LogP contribution in [-0.4, -0.2) is 69.4 Å². The summed E-state index contributed by atoms with van der Waals surface area (Å²) in [5.74, 6) is -1.29. The van der Waals surface area contributed by atoms with Gasteiger partial charge in [-0.15, -0.1) is 0 Å². The molecule has 1 fully saturated rings. The highest BCUT2D eigenvalue weighted by molar-refractivity contribution is 7.92. The third-order valence-corrected chi connectivity index (χ3v) is 5.08. The number of hydrogen-bond acceptors (Lipinski definition) is 5. The lowest BCUT2D eigenvalue weighted by atomic mass is 10.1. The van der Waals surface area contributed by atoms with Crippen LogP contribution < -0.4 is 4.31 Å². The number of carboxylic acids is 1. The molecule has 1 aliphatic heterocycles. The van der Waals surface area contributed by atoms with Gasteiger partial charge < -0.3 is 14.7 Å². The van der Waals surface area contributed by atoms with Crippen LogP contribution in [0.15, 0.2) is 24.3 Å². The van der Waals surface area contributed by atoms with Crippen molar-refractivity contribution in [3.8, 4) is 0 Å². The van der Waals surface area contributed by atoms with Crippen molar-refractivity contribution in [3.63, 3.8) is 0 Å². The van der Waals surface area contributed by atoms with Crippen molar-refractivity contribution in [2.45, 2.75) is 12.5 Å². The van der Waals surface area contributed by atoms with Gasteiger partial charge in [-0.05, 0) is 24.3 Å². The molecule has 1 aromatic carbocycles. The molecule has 1 aromatic rings. The highest BCUT2D eigenvalue weighted by Crippen LogP contribution is 2.19. The second-order valence-corrected chi connectivity index (χ2v) is 7.62. The van der Waals surface area contributed by atoms with Crippen LogP contribution in [0.1, 0.15) is 16.8 Å². The van der Waals surface area contributed by atoms with Crippen LogP contribution in [0.2, 0.25) is 0 Å². The van der Waals surface area contributed by atoms with Gasteiger partial charge in [0.05, 0.1) is 37.6 Å². The Morgan fingerprint density at radius 2 is 1.96 bits per heavy atom. The third kappa shape index (κ3) is 4.24. The van der Waals surface area contributed by atoms with Gasteiger partial charge >= 0.3 is 5.97 Å². The minimum Gasteiger partial charge on any atom is -0.481 e. The molecule has 1 aliphatic rings. The van der Waals surface area contributed by atoms with Crippen LogP contribution in [0, 0.1) is 0 Å². The van der Waals surface area contributed by atoms with E-state index < -0.39 is 22.0 Å². The minimum absolute atomic E-state index is 0.180. The van der Waals surface area contributed by atoms with E-state index in [9.17, 15) is 18.0 Å². The standard InChI is InChI=1S/C15H20N2O6S/c1-16(24(2,21)22)12-5-3-11(4-6-12)15(20)17-7-8-23-10-13(17)9-14(18)19/h3-6,13H,7-10H2,1-2H3,(H,18,19)/t13-/m1/s1. The summed E-state index contributed by atoms with van der Waals surface area (Å²) in [6, 6.07) is 5.64. The first-order valence-electron chi connectivity index (χ1n) is 7.34. The molecular weight excluding hydrogens is 336 g/mol. The van der Waals surface area contributed by atoms with E-state index in [0.29, 0.717) is 24.4 Å². The molecule has 0 aliphatic carbocycles. The van der Waals surface area contributed by atoms with Crippen molar-refractivity contribution < 1.29 is 27.9 Å².